The predicted octanol–water partition coefficient (Wildman–Crippen LogP) is 1.32. The minimum absolute atomic E-state index is 0.0309. The molecule has 0 fully saturated rings. The van der Waals surface area contributed by atoms with E-state index in [9.17, 15) is 9.59 Å². The summed E-state index contributed by atoms with van der Waals surface area (Å²) in [4.78, 5) is 25.9. The largest absolute Gasteiger partial charge is 0.351 e. The Hall–Kier alpha value is -2.66. The van der Waals surface area contributed by atoms with Gasteiger partial charge in [-0.25, -0.2) is 0 Å². The fraction of sp³-hybridized carbons (Fsp3) is 0.364. The molecule has 1 unspecified atom stereocenters. The van der Waals surface area contributed by atoms with E-state index in [1.165, 1.54) is 0 Å². The van der Waals surface area contributed by atoms with E-state index in [1.54, 1.807) is 0 Å². The van der Waals surface area contributed by atoms with E-state index < -0.39 is 0 Å². The molecule has 0 aliphatic heterocycles. The van der Waals surface area contributed by atoms with Crippen molar-refractivity contribution in [2.45, 2.75) is 32.9 Å². The van der Waals surface area contributed by atoms with Crippen LogP contribution in [0.1, 0.15) is 37.9 Å². The Bertz CT molecular complexity index is 679. The Morgan fingerprint density at radius 2 is 1.44 bits per heavy atom. The van der Waals surface area contributed by atoms with Crippen LogP contribution >= 0.6 is 0 Å². The Morgan fingerprint density at radius 1 is 0.926 bits per heavy atom. The maximum atomic E-state index is 13.0. The molecule has 2 rings (SSSR count). The molecule has 2 atom stereocenters. The lowest BCUT2D eigenvalue weighted by Crippen LogP contribution is -3.17. The third-order valence-electron chi connectivity index (χ3n) is 4.77. The van der Waals surface area contributed by atoms with E-state index in [2.05, 4.69) is 10.6 Å². The minimum Gasteiger partial charge on any atom is -0.351 e. The third kappa shape index (κ3) is 5.93. The van der Waals surface area contributed by atoms with E-state index in [0.717, 1.165) is 16.0 Å². The fourth-order valence-corrected chi connectivity index (χ4v) is 3.15. The molecule has 0 saturated carbocycles. The van der Waals surface area contributed by atoms with Crippen LogP contribution in [0.25, 0.3) is 0 Å². The van der Waals surface area contributed by atoms with Crippen molar-refractivity contribution in [1.82, 2.24) is 10.6 Å². The number of nitrogens with one attached hydrogen (secondary N) is 3. The van der Waals surface area contributed by atoms with E-state index >= 15 is 0 Å². The fourth-order valence-electron chi connectivity index (χ4n) is 3.15. The second kappa shape index (κ2) is 10.5. The highest BCUT2D eigenvalue weighted by molar-refractivity contribution is 5.81. The van der Waals surface area contributed by atoms with Crippen molar-refractivity contribution >= 4 is 11.8 Å². The van der Waals surface area contributed by atoms with Gasteiger partial charge in [-0.05, 0) is 31.9 Å². The van der Waals surface area contributed by atoms with Crippen LogP contribution in [0.2, 0.25) is 0 Å². The number of quaternary nitrogens is 1. The van der Waals surface area contributed by atoms with Crippen molar-refractivity contribution in [2.75, 3.05) is 19.6 Å². The second-order valence-corrected chi connectivity index (χ2v) is 6.63. The van der Waals surface area contributed by atoms with Crippen LogP contribution in [0, 0.1) is 0 Å². The van der Waals surface area contributed by atoms with Crippen molar-refractivity contribution in [2.24, 2.45) is 0 Å². The molecule has 3 N–H and O–H groups in total. The molecule has 5 nitrogen and oxygen atoms in total. The molecule has 2 aromatic rings. The maximum Gasteiger partial charge on any atom is 0.278 e. The summed E-state index contributed by atoms with van der Waals surface area (Å²) in [7, 11) is 0. The highest BCUT2D eigenvalue weighted by atomic mass is 16.2. The topological polar surface area (TPSA) is 62.6 Å². The van der Waals surface area contributed by atoms with Gasteiger partial charge in [-0.3, -0.25) is 9.59 Å². The zero-order valence-electron chi connectivity index (χ0n) is 16.4. The smallest absolute Gasteiger partial charge is 0.278 e. The van der Waals surface area contributed by atoms with Gasteiger partial charge in [0, 0.05) is 6.54 Å². The summed E-state index contributed by atoms with van der Waals surface area (Å²) in [6.07, 6.45) is 0. The van der Waals surface area contributed by atoms with Crippen LogP contribution < -0.4 is 15.5 Å². The monoisotopic (exact) mass is 368 g/mol. The summed E-state index contributed by atoms with van der Waals surface area (Å²) in [6.45, 7) is 7.35. The number of amides is 2. The van der Waals surface area contributed by atoms with Gasteiger partial charge in [0.05, 0.1) is 12.6 Å². The van der Waals surface area contributed by atoms with Gasteiger partial charge < -0.3 is 15.5 Å². The van der Waals surface area contributed by atoms with Crippen molar-refractivity contribution in [3.8, 4) is 0 Å². The number of rotatable bonds is 9. The molecule has 0 aliphatic rings. The maximum absolute atomic E-state index is 13.0. The normalized spacial score (nSPS) is 13.0. The molecule has 144 valence electrons. The van der Waals surface area contributed by atoms with Gasteiger partial charge in [0.2, 0.25) is 0 Å². The summed E-state index contributed by atoms with van der Waals surface area (Å²) >= 11 is 0. The number of hydrogen-bond acceptors (Lipinski definition) is 2. The number of carbonyl (C=O) groups excluding carboxylic acids is 2. The van der Waals surface area contributed by atoms with Crippen molar-refractivity contribution < 1.29 is 14.5 Å². The lowest BCUT2D eigenvalue weighted by Gasteiger charge is -2.26. The van der Waals surface area contributed by atoms with E-state index in [1.807, 2.05) is 81.4 Å². The minimum atomic E-state index is -0.326. The molecule has 0 aromatic heterocycles. The van der Waals surface area contributed by atoms with Crippen LogP contribution in [0.3, 0.4) is 0 Å². The number of benzene rings is 2. The number of carbonyl (C=O) groups is 2. The van der Waals surface area contributed by atoms with Crippen molar-refractivity contribution in [1.29, 1.82) is 0 Å². The molecule has 2 aromatic carbocycles. The second-order valence-electron chi connectivity index (χ2n) is 6.63. The Labute approximate surface area is 161 Å². The van der Waals surface area contributed by atoms with Gasteiger partial charge in [0.25, 0.3) is 11.8 Å². The molecule has 0 heterocycles. The molecule has 0 spiro atoms. The number of hydrogen-bond donors (Lipinski definition) is 3. The molecule has 0 saturated heterocycles. The molecule has 27 heavy (non-hydrogen) atoms. The van der Waals surface area contributed by atoms with Crippen LogP contribution in [0.5, 0.6) is 0 Å². The van der Waals surface area contributed by atoms with Crippen molar-refractivity contribution in [3.05, 3.63) is 71.8 Å². The van der Waals surface area contributed by atoms with Crippen LogP contribution in [-0.4, -0.2) is 37.5 Å². The quantitative estimate of drug-likeness (QED) is 0.625. The lowest BCUT2D eigenvalue weighted by atomic mass is 9.98. The average molecular weight is 369 g/mol. The summed E-state index contributed by atoms with van der Waals surface area (Å²) in [5.41, 5.74) is 2.07. The molecule has 5 heteroatoms. The first-order valence-corrected chi connectivity index (χ1v) is 9.58. The standard InChI is InChI=1S/C22H29N3O2/c1-4-23-20(26)16-25(5-2)17(3)22(27)24-21(18-12-8-6-9-13-18)19-14-10-7-11-15-19/h6-15,17,21H,4-5,16H2,1-3H3,(H,23,26)(H,24,27)/p+1/t17-/m0/s1. The highest BCUT2D eigenvalue weighted by Gasteiger charge is 2.28. The molecule has 2 amide bonds. The van der Waals surface area contributed by atoms with E-state index in [0.29, 0.717) is 19.6 Å². The molecule has 0 radical (unpaired) electrons. The average Bonchev–Trinajstić information content (AvgIpc) is 2.71. The summed E-state index contributed by atoms with van der Waals surface area (Å²) < 4.78 is 0. The van der Waals surface area contributed by atoms with Gasteiger partial charge in [-0.15, -0.1) is 0 Å². The van der Waals surface area contributed by atoms with Gasteiger partial charge in [-0.2, -0.15) is 0 Å². The van der Waals surface area contributed by atoms with E-state index in [-0.39, 0.29) is 23.9 Å². The first kappa shape index (κ1) is 20.6. The summed E-state index contributed by atoms with van der Waals surface area (Å²) in [5.74, 6) is -0.0921. The Balaban J connectivity index is 2.16. The first-order chi connectivity index (χ1) is 13.1. The van der Waals surface area contributed by atoms with Crippen LogP contribution in [0.15, 0.2) is 60.7 Å². The Morgan fingerprint density at radius 3 is 1.89 bits per heavy atom. The SMILES string of the molecule is CCNC(=O)C[NH+](CC)[C@@H](C)C(=O)NC(c1ccccc1)c1ccccc1. The summed E-state index contributed by atoms with van der Waals surface area (Å²) in [6, 6.07) is 19.3. The highest BCUT2D eigenvalue weighted by Crippen LogP contribution is 2.21. The number of likely N-dealkylation sites (N-methyl/N-ethyl adjacent to an activating group) is 2. The van der Waals surface area contributed by atoms with Crippen LogP contribution in [0.4, 0.5) is 0 Å². The predicted molar refractivity (Wildman–Crippen MR) is 107 cm³/mol. The molecular formula is C22H30N3O2+. The zero-order chi connectivity index (χ0) is 19.6. The van der Waals surface area contributed by atoms with Crippen LogP contribution in [-0.2, 0) is 9.59 Å². The van der Waals surface area contributed by atoms with Gasteiger partial charge in [0.1, 0.15) is 0 Å². The van der Waals surface area contributed by atoms with Gasteiger partial charge >= 0.3 is 0 Å². The molecular weight excluding hydrogens is 338 g/mol. The van der Waals surface area contributed by atoms with E-state index in [4.69, 9.17) is 0 Å². The molecule has 0 bridgehead atoms. The lowest BCUT2D eigenvalue weighted by molar-refractivity contribution is -0.904. The van der Waals surface area contributed by atoms with Gasteiger partial charge in [0.15, 0.2) is 12.6 Å². The molecule has 0 aliphatic carbocycles. The van der Waals surface area contributed by atoms with Crippen molar-refractivity contribution in [3.63, 3.8) is 0 Å². The Kier molecular flexibility index (Phi) is 8.01. The zero-order valence-corrected chi connectivity index (χ0v) is 16.4. The van der Waals surface area contributed by atoms with Gasteiger partial charge in [-0.1, -0.05) is 60.7 Å². The summed E-state index contributed by atoms with van der Waals surface area (Å²) in [5, 5.41) is 5.98. The third-order valence-corrected chi connectivity index (χ3v) is 4.77. The first-order valence-electron chi connectivity index (χ1n) is 9.58.